The number of likely N-dealkylation sites (tertiary alicyclic amines) is 1. The average Bonchev–Trinajstić information content (AvgIpc) is 3.12. The van der Waals surface area contributed by atoms with E-state index in [2.05, 4.69) is 17.1 Å². The lowest BCUT2D eigenvalue weighted by atomic mass is 9.96. The fourth-order valence-electron chi connectivity index (χ4n) is 3.75. The molecular weight excluding hydrogens is 364 g/mol. The molecule has 0 radical (unpaired) electrons. The number of fused-ring (bicyclic) bond motifs is 1. The number of pyridine rings is 1. The van der Waals surface area contributed by atoms with Crippen molar-refractivity contribution in [3.63, 3.8) is 0 Å². The van der Waals surface area contributed by atoms with Crippen LogP contribution in [0.25, 0.3) is 10.8 Å². The minimum absolute atomic E-state index is 0.0702. The minimum atomic E-state index is -0.527. The third-order valence-corrected chi connectivity index (χ3v) is 5.06. The summed E-state index contributed by atoms with van der Waals surface area (Å²) < 4.78 is 12.1. The monoisotopic (exact) mass is 390 g/mol. The molecule has 3 aromatic rings. The van der Waals surface area contributed by atoms with Crippen molar-refractivity contribution in [3.05, 3.63) is 72.6 Å². The van der Waals surface area contributed by atoms with E-state index in [1.807, 2.05) is 69.4 Å². The van der Waals surface area contributed by atoms with Crippen LogP contribution in [0.3, 0.4) is 0 Å². The van der Waals surface area contributed by atoms with Crippen molar-refractivity contribution in [1.29, 1.82) is 0 Å². The highest BCUT2D eigenvalue weighted by atomic mass is 16.6. The number of benzene rings is 2. The zero-order valence-electron chi connectivity index (χ0n) is 17.0. The van der Waals surface area contributed by atoms with Crippen LogP contribution in [-0.4, -0.2) is 40.8 Å². The number of hydrogen-bond donors (Lipinski definition) is 0. The maximum Gasteiger partial charge on any atom is 0.410 e. The molecule has 0 bridgehead atoms. The van der Waals surface area contributed by atoms with E-state index in [9.17, 15) is 4.79 Å². The second kappa shape index (κ2) is 7.74. The molecule has 5 heteroatoms. The molecule has 4 rings (SSSR count). The lowest BCUT2D eigenvalue weighted by Crippen LogP contribution is -2.36. The summed E-state index contributed by atoms with van der Waals surface area (Å²) in [4.78, 5) is 18.6. The molecule has 1 saturated heterocycles. The van der Waals surface area contributed by atoms with E-state index in [4.69, 9.17) is 9.47 Å². The van der Waals surface area contributed by atoms with Gasteiger partial charge in [0.1, 0.15) is 17.5 Å². The fourth-order valence-corrected chi connectivity index (χ4v) is 3.75. The Hall–Kier alpha value is -3.08. The van der Waals surface area contributed by atoms with Gasteiger partial charge in [-0.25, -0.2) is 4.79 Å². The zero-order valence-corrected chi connectivity index (χ0v) is 17.0. The molecule has 0 N–H and O–H groups in total. The smallest absolute Gasteiger partial charge is 0.410 e. The number of aromatic nitrogens is 1. The van der Waals surface area contributed by atoms with Gasteiger partial charge in [0, 0.05) is 35.6 Å². The van der Waals surface area contributed by atoms with Gasteiger partial charge in [0.15, 0.2) is 0 Å². The third kappa shape index (κ3) is 4.34. The summed E-state index contributed by atoms with van der Waals surface area (Å²) in [5.74, 6) is 0.877. The largest absolute Gasteiger partial charge is 0.487 e. The van der Waals surface area contributed by atoms with E-state index in [0.29, 0.717) is 13.1 Å². The van der Waals surface area contributed by atoms with E-state index in [-0.39, 0.29) is 18.1 Å². The summed E-state index contributed by atoms with van der Waals surface area (Å²) in [5.41, 5.74) is 0.631. The molecule has 29 heavy (non-hydrogen) atoms. The number of nitrogens with zero attached hydrogens (tertiary/aromatic N) is 2. The molecular formula is C24H26N2O3. The molecule has 5 nitrogen and oxygen atoms in total. The summed E-state index contributed by atoms with van der Waals surface area (Å²) in [7, 11) is 0. The van der Waals surface area contributed by atoms with Crippen LogP contribution in [0.5, 0.6) is 5.75 Å². The summed E-state index contributed by atoms with van der Waals surface area (Å²) in [6, 6.07) is 18.1. The van der Waals surface area contributed by atoms with Crippen molar-refractivity contribution >= 4 is 16.9 Å². The number of carbonyl (C=O) groups excluding carboxylic acids is 1. The highest BCUT2D eigenvalue weighted by Gasteiger charge is 2.39. The van der Waals surface area contributed by atoms with Gasteiger partial charge in [0.2, 0.25) is 0 Å². The molecule has 1 aliphatic rings. The standard InChI is InChI=1S/C24H26N2O3/c1-24(2,3)29-23(27)26-15-20(17-8-5-4-6-9-17)22(16-26)28-21-11-7-10-18-14-25-13-12-19(18)21/h4-14,20,22H,15-16H2,1-3H3/t20-,22-/m1/s1. The topological polar surface area (TPSA) is 51.7 Å². The molecule has 2 atom stereocenters. The first-order chi connectivity index (χ1) is 13.9. The molecule has 1 aliphatic heterocycles. The molecule has 1 aromatic heterocycles. The van der Waals surface area contributed by atoms with Crippen LogP contribution >= 0.6 is 0 Å². The van der Waals surface area contributed by atoms with Gasteiger partial charge in [0.05, 0.1) is 6.54 Å². The van der Waals surface area contributed by atoms with E-state index >= 15 is 0 Å². The van der Waals surface area contributed by atoms with Crippen molar-refractivity contribution in [2.24, 2.45) is 0 Å². The second-order valence-corrected chi connectivity index (χ2v) is 8.41. The molecule has 2 heterocycles. The summed E-state index contributed by atoms with van der Waals surface area (Å²) >= 11 is 0. The fraction of sp³-hybridized carbons (Fsp3) is 0.333. The molecule has 1 fully saturated rings. The van der Waals surface area contributed by atoms with E-state index in [1.54, 1.807) is 11.1 Å². The van der Waals surface area contributed by atoms with E-state index in [1.165, 1.54) is 0 Å². The quantitative estimate of drug-likeness (QED) is 0.630. The summed E-state index contributed by atoms with van der Waals surface area (Å²) in [5, 5.41) is 2.05. The lowest BCUT2D eigenvalue weighted by Gasteiger charge is -2.24. The molecule has 0 unspecified atom stereocenters. The van der Waals surface area contributed by atoms with Crippen molar-refractivity contribution in [2.75, 3.05) is 13.1 Å². The summed E-state index contributed by atoms with van der Waals surface area (Å²) in [6.07, 6.45) is 3.14. The normalized spacial score (nSPS) is 19.3. The Morgan fingerprint density at radius 2 is 1.83 bits per heavy atom. The summed E-state index contributed by atoms with van der Waals surface area (Å²) in [6.45, 7) is 6.70. The molecule has 0 spiro atoms. The molecule has 150 valence electrons. The Balaban J connectivity index is 1.62. The Kier molecular flexibility index (Phi) is 5.14. The number of rotatable bonds is 3. The van der Waals surface area contributed by atoms with Gasteiger partial charge in [-0.15, -0.1) is 0 Å². The van der Waals surface area contributed by atoms with E-state index in [0.717, 1.165) is 22.1 Å². The molecule has 0 saturated carbocycles. The maximum atomic E-state index is 12.7. The number of amides is 1. The Bertz CT molecular complexity index is 992. The number of hydrogen-bond acceptors (Lipinski definition) is 4. The van der Waals surface area contributed by atoms with Crippen molar-refractivity contribution < 1.29 is 14.3 Å². The van der Waals surface area contributed by atoms with Gasteiger partial charge >= 0.3 is 6.09 Å². The Morgan fingerprint density at radius 1 is 1.03 bits per heavy atom. The molecule has 2 aromatic carbocycles. The van der Waals surface area contributed by atoms with Crippen LogP contribution < -0.4 is 4.74 Å². The first-order valence-electron chi connectivity index (χ1n) is 9.93. The lowest BCUT2D eigenvalue weighted by molar-refractivity contribution is 0.0275. The highest BCUT2D eigenvalue weighted by Crippen LogP contribution is 2.34. The van der Waals surface area contributed by atoms with Gasteiger partial charge in [-0.1, -0.05) is 42.5 Å². The highest BCUT2D eigenvalue weighted by molar-refractivity contribution is 5.87. The molecule has 0 aliphatic carbocycles. The van der Waals surface area contributed by atoms with Crippen LogP contribution in [0.4, 0.5) is 4.79 Å². The second-order valence-electron chi connectivity index (χ2n) is 8.41. The Labute approximate surface area is 171 Å². The van der Waals surface area contributed by atoms with Crippen molar-refractivity contribution in [1.82, 2.24) is 9.88 Å². The minimum Gasteiger partial charge on any atom is -0.487 e. The third-order valence-electron chi connectivity index (χ3n) is 5.06. The maximum absolute atomic E-state index is 12.7. The van der Waals surface area contributed by atoms with Crippen LogP contribution in [0.2, 0.25) is 0 Å². The van der Waals surface area contributed by atoms with Gasteiger partial charge in [-0.3, -0.25) is 4.98 Å². The predicted octanol–water partition coefficient (Wildman–Crippen LogP) is 5.02. The SMILES string of the molecule is CC(C)(C)OC(=O)N1C[C@H](c2ccccc2)[C@H](Oc2cccc3cnccc23)C1. The molecule has 1 amide bonds. The van der Waals surface area contributed by atoms with Crippen molar-refractivity contribution in [3.8, 4) is 5.75 Å². The van der Waals surface area contributed by atoms with Gasteiger partial charge < -0.3 is 14.4 Å². The number of carbonyl (C=O) groups is 1. The van der Waals surface area contributed by atoms with Gasteiger partial charge in [0.25, 0.3) is 0 Å². The predicted molar refractivity (Wildman–Crippen MR) is 113 cm³/mol. The van der Waals surface area contributed by atoms with Gasteiger partial charge in [-0.05, 0) is 38.5 Å². The van der Waals surface area contributed by atoms with Crippen LogP contribution in [0.15, 0.2) is 67.0 Å². The average molecular weight is 390 g/mol. The van der Waals surface area contributed by atoms with Crippen molar-refractivity contribution in [2.45, 2.75) is 38.4 Å². The van der Waals surface area contributed by atoms with E-state index < -0.39 is 5.60 Å². The van der Waals surface area contributed by atoms with Crippen LogP contribution in [-0.2, 0) is 4.74 Å². The van der Waals surface area contributed by atoms with Crippen LogP contribution in [0.1, 0.15) is 32.3 Å². The first kappa shape index (κ1) is 19.2. The van der Waals surface area contributed by atoms with Crippen LogP contribution in [0, 0.1) is 0 Å². The van der Waals surface area contributed by atoms with Gasteiger partial charge in [-0.2, -0.15) is 0 Å². The Morgan fingerprint density at radius 3 is 2.59 bits per heavy atom. The number of ether oxygens (including phenoxy) is 2. The first-order valence-corrected chi connectivity index (χ1v) is 9.93. The zero-order chi connectivity index (χ0) is 20.4.